The maximum Gasteiger partial charge on any atom is 0.303 e. The summed E-state index contributed by atoms with van der Waals surface area (Å²) < 4.78 is 0. The number of carboxylic acid groups (broad SMARTS) is 1. The Balaban J connectivity index is 2.43. The Hall–Kier alpha value is -0.830. The van der Waals surface area contributed by atoms with Gasteiger partial charge in [-0.05, 0) is 24.3 Å². The average molecular weight is 271 g/mol. The highest BCUT2D eigenvalue weighted by Gasteiger charge is 2.10. The van der Waals surface area contributed by atoms with Gasteiger partial charge < -0.3 is 5.11 Å². The quantitative estimate of drug-likeness (QED) is 0.807. The van der Waals surface area contributed by atoms with Crippen molar-refractivity contribution in [2.75, 3.05) is 5.33 Å². The number of hydrogen-bond acceptors (Lipinski definition) is 1. The summed E-state index contributed by atoms with van der Waals surface area (Å²) in [5.41, 5.74) is 1.27. The first kappa shape index (κ1) is 12.2. The Morgan fingerprint density at radius 3 is 2.53 bits per heavy atom. The summed E-state index contributed by atoms with van der Waals surface area (Å²) in [5, 5.41) is 9.46. The lowest BCUT2D eigenvalue weighted by Crippen LogP contribution is -2.09. The van der Waals surface area contributed by atoms with E-state index < -0.39 is 5.97 Å². The number of carbonyl (C=O) groups is 1. The summed E-state index contributed by atoms with van der Waals surface area (Å²) >= 11 is 3.43. The molecule has 0 spiro atoms. The van der Waals surface area contributed by atoms with Crippen LogP contribution >= 0.6 is 15.9 Å². The molecular weight excluding hydrogens is 256 g/mol. The molecule has 1 rings (SSSR count). The third-order valence-corrected chi connectivity index (χ3v) is 3.27. The molecule has 0 fully saturated rings. The average Bonchev–Trinajstić information content (AvgIpc) is 2.25. The van der Waals surface area contributed by atoms with Gasteiger partial charge in [0, 0.05) is 11.8 Å². The van der Waals surface area contributed by atoms with E-state index in [0.29, 0.717) is 5.92 Å². The smallest absolute Gasteiger partial charge is 0.303 e. The molecule has 1 aromatic carbocycles. The van der Waals surface area contributed by atoms with Crippen LogP contribution < -0.4 is 0 Å². The first-order chi connectivity index (χ1) is 7.22. The molecule has 0 radical (unpaired) electrons. The van der Waals surface area contributed by atoms with Crippen molar-refractivity contribution in [3.05, 3.63) is 35.9 Å². The normalized spacial score (nSPS) is 12.3. The molecule has 1 aromatic rings. The van der Waals surface area contributed by atoms with Crippen molar-refractivity contribution in [3.8, 4) is 0 Å². The predicted molar refractivity (Wildman–Crippen MR) is 64.3 cm³/mol. The second-order valence-corrected chi connectivity index (χ2v) is 4.29. The topological polar surface area (TPSA) is 37.3 Å². The maximum atomic E-state index is 10.5. The highest BCUT2D eigenvalue weighted by atomic mass is 79.9. The minimum Gasteiger partial charge on any atom is -0.481 e. The third-order valence-electron chi connectivity index (χ3n) is 2.35. The van der Waals surface area contributed by atoms with Crippen molar-refractivity contribution >= 4 is 21.9 Å². The monoisotopic (exact) mass is 270 g/mol. The van der Waals surface area contributed by atoms with Crippen molar-refractivity contribution in [2.24, 2.45) is 5.92 Å². The first-order valence-electron chi connectivity index (χ1n) is 5.04. The van der Waals surface area contributed by atoms with Gasteiger partial charge in [-0.15, -0.1) is 0 Å². The van der Waals surface area contributed by atoms with Gasteiger partial charge in [-0.1, -0.05) is 46.3 Å². The fraction of sp³-hybridized carbons (Fsp3) is 0.417. The van der Waals surface area contributed by atoms with Crippen LogP contribution in [0.5, 0.6) is 0 Å². The van der Waals surface area contributed by atoms with Crippen molar-refractivity contribution in [1.82, 2.24) is 0 Å². The van der Waals surface area contributed by atoms with Gasteiger partial charge in [-0.25, -0.2) is 0 Å². The molecule has 0 saturated heterocycles. The van der Waals surface area contributed by atoms with Crippen LogP contribution in [-0.2, 0) is 11.2 Å². The first-order valence-corrected chi connectivity index (χ1v) is 6.16. The Bertz CT molecular complexity index is 298. The molecule has 0 aliphatic carbocycles. The van der Waals surface area contributed by atoms with Gasteiger partial charge in [-0.3, -0.25) is 4.79 Å². The summed E-state index contributed by atoms with van der Waals surface area (Å²) in [6.45, 7) is 0. The molecule has 0 bridgehead atoms. The molecule has 0 aliphatic rings. The second kappa shape index (κ2) is 6.62. The van der Waals surface area contributed by atoms with Gasteiger partial charge in [0.2, 0.25) is 0 Å². The summed E-state index contributed by atoms with van der Waals surface area (Å²) in [5.74, 6) is -0.308. The van der Waals surface area contributed by atoms with E-state index in [1.54, 1.807) is 0 Å². The number of rotatable bonds is 6. The number of carboxylic acids is 1. The van der Waals surface area contributed by atoms with Gasteiger partial charge >= 0.3 is 5.97 Å². The lowest BCUT2D eigenvalue weighted by Gasteiger charge is -2.12. The SMILES string of the molecule is O=C(O)CC[C@@H](CBr)Cc1ccccc1. The molecule has 0 saturated carbocycles. The lowest BCUT2D eigenvalue weighted by atomic mass is 9.97. The van der Waals surface area contributed by atoms with E-state index in [0.717, 1.165) is 18.2 Å². The number of halogens is 1. The fourth-order valence-electron chi connectivity index (χ4n) is 1.51. The van der Waals surface area contributed by atoms with Crippen molar-refractivity contribution < 1.29 is 9.90 Å². The second-order valence-electron chi connectivity index (χ2n) is 3.64. The maximum absolute atomic E-state index is 10.5. The van der Waals surface area contributed by atoms with Crippen LogP contribution in [0.25, 0.3) is 0 Å². The molecule has 1 N–H and O–H groups in total. The summed E-state index contributed by atoms with van der Waals surface area (Å²) in [6.07, 6.45) is 1.93. The molecule has 82 valence electrons. The van der Waals surface area contributed by atoms with Crippen LogP contribution in [0.15, 0.2) is 30.3 Å². The molecule has 3 heteroatoms. The van der Waals surface area contributed by atoms with Crippen LogP contribution in [0.1, 0.15) is 18.4 Å². The highest BCUT2D eigenvalue weighted by molar-refractivity contribution is 9.09. The standard InChI is InChI=1S/C12H15BrO2/c13-9-11(6-7-12(14)15)8-10-4-2-1-3-5-10/h1-5,11H,6-9H2,(H,14,15)/t11-/m1/s1. The molecule has 0 amide bonds. The predicted octanol–water partition coefficient (Wildman–Crippen LogP) is 3.11. The molecule has 2 nitrogen and oxygen atoms in total. The molecule has 0 aliphatic heterocycles. The molecule has 0 aromatic heterocycles. The zero-order valence-electron chi connectivity index (χ0n) is 8.53. The molecule has 1 atom stereocenters. The Labute approximate surface area is 98.4 Å². The van der Waals surface area contributed by atoms with E-state index in [4.69, 9.17) is 5.11 Å². The number of aliphatic carboxylic acids is 1. The van der Waals surface area contributed by atoms with Crippen molar-refractivity contribution in [3.63, 3.8) is 0 Å². The van der Waals surface area contributed by atoms with E-state index in [1.165, 1.54) is 5.56 Å². The molecule has 15 heavy (non-hydrogen) atoms. The van der Waals surface area contributed by atoms with E-state index >= 15 is 0 Å². The lowest BCUT2D eigenvalue weighted by molar-refractivity contribution is -0.137. The molecule has 0 heterocycles. The van der Waals surface area contributed by atoms with Crippen LogP contribution in [0.2, 0.25) is 0 Å². The summed E-state index contributed by atoms with van der Waals surface area (Å²) in [6, 6.07) is 10.2. The zero-order chi connectivity index (χ0) is 11.1. The number of benzene rings is 1. The van der Waals surface area contributed by atoms with E-state index in [-0.39, 0.29) is 6.42 Å². The van der Waals surface area contributed by atoms with Gasteiger partial charge in [0.1, 0.15) is 0 Å². The van der Waals surface area contributed by atoms with Crippen LogP contribution in [-0.4, -0.2) is 16.4 Å². The third kappa shape index (κ3) is 4.98. The fourth-order valence-corrected chi connectivity index (χ4v) is 2.06. The highest BCUT2D eigenvalue weighted by Crippen LogP contribution is 2.16. The molecular formula is C12H15BrO2. The van der Waals surface area contributed by atoms with Gasteiger partial charge in [-0.2, -0.15) is 0 Å². The number of hydrogen-bond donors (Lipinski definition) is 1. The van der Waals surface area contributed by atoms with E-state index in [2.05, 4.69) is 28.1 Å². The van der Waals surface area contributed by atoms with Crippen molar-refractivity contribution in [2.45, 2.75) is 19.3 Å². The van der Waals surface area contributed by atoms with Gasteiger partial charge in [0.15, 0.2) is 0 Å². The van der Waals surface area contributed by atoms with Crippen molar-refractivity contribution in [1.29, 1.82) is 0 Å². The Morgan fingerprint density at radius 1 is 1.33 bits per heavy atom. The van der Waals surface area contributed by atoms with Gasteiger partial charge in [0.25, 0.3) is 0 Å². The number of alkyl halides is 1. The molecule has 0 unspecified atom stereocenters. The summed E-state index contributed by atoms with van der Waals surface area (Å²) in [7, 11) is 0. The zero-order valence-corrected chi connectivity index (χ0v) is 10.1. The Morgan fingerprint density at radius 2 is 2.00 bits per heavy atom. The minimum absolute atomic E-state index is 0.253. The van der Waals surface area contributed by atoms with Gasteiger partial charge in [0.05, 0.1) is 0 Å². The van der Waals surface area contributed by atoms with E-state index in [1.807, 2.05) is 18.2 Å². The van der Waals surface area contributed by atoms with E-state index in [9.17, 15) is 4.79 Å². The Kier molecular flexibility index (Phi) is 5.40. The summed E-state index contributed by atoms with van der Waals surface area (Å²) in [4.78, 5) is 10.5. The van der Waals surface area contributed by atoms with Crippen LogP contribution in [0.3, 0.4) is 0 Å². The van der Waals surface area contributed by atoms with Crippen LogP contribution in [0.4, 0.5) is 0 Å². The minimum atomic E-state index is -0.714. The van der Waals surface area contributed by atoms with Crippen LogP contribution in [0, 0.1) is 5.92 Å². The largest absolute Gasteiger partial charge is 0.481 e.